The Kier molecular flexibility index (Phi) is 3.76. The van der Waals surface area contributed by atoms with Gasteiger partial charge in [0.15, 0.2) is 11.4 Å². The van der Waals surface area contributed by atoms with Crippen LogP contribution in [0.15, 0.2) is 4.52 Å². The van der Waals surface area contributed by atoms with Crippen LogP contribution in [-0.2, 0) is 10.3 Å². The molecule has 96 valence electrons. The van der Waals surface area contributed by atoms with Crippen molar-refractivity contribution < 1.29 is 14.4 Å². The summed E-state index contributed by atoms with van der Waals surface area (Å²) >= 11 is 0. The molecule has 0 amide bonds. The van der Waals surface area contributed by atoms with Crippen LogP contribution in [0.1, 0.15) is 44.5 Å². The average Bonchev–Trinajstić information content (AvgIpc) is 2.80. The Balaban J connectivity index is 2.11. The van der Waals surface area contributed by atoms with E-state index in [2.05, 4.69) is 15.5 Å². The van der Waals surface area contributed by atoms with E-state index in [1.165, 1.54) is 0 Å². The van der Waals surface area contributed by atoms with Crippen molar-refractivity contribution in [1.29, 1.82) is 0 Å². The summed E-state index contributed by atoms with van der Waals surface area (Å²) in [5, 5.41) is 17.4. The molecule has 0 bridgehead atoms. The SMILES string of the molecule is CCOC(C)c1noc(C2(O)CCCNC2)n1. The van der Waals surface area contributed by atoms with Crippen LogP contribution in [0.4, 0.5) is 0 Å². The van der Waals surface area contributed by atoms with Crippen molar-refractivity contribution >= 4 is 0 Å². The largest absolute Gasteiger partial charge is 0.379 e. The highest BCUT2D eigenvalue weighted by Crippen LogP contribution is 2.27. The number of nitrogens with one attached hydrogen (secondary N) is 1. The smallest absolute Gasteiger partial charge is 0.260 e. The zero-order valence-corrected chi connectivity index (χ0v) is 10.3. The lowest BCUT2D eigenvalue weighted by molar-refractivity contribution is -0.0167. The van der Waals surface area contributed by atoms with Gasteiger partial charge in [0, 0.05) is 13.2 Å². The molecule has 1 saturated heterocycles. The molecule has 1 aliphatic rings. The number of hydrogen-bond acceptors (Lipinski definition) is 6. The quantitative estimate of drug-likeness (QED) is 0.809. The maximum Gasteiger partial charge on any atom is 0.260 e. The molecule has 6 heteroatoms. The number of aliphatic hydroxyl groups is 1. The molecule has 1 aromatic rings. The molecule has 2 N–H and O–H groups in total. The Hall–Kier alpha value is -0.980. The third-order valence-corrected chi connectivity index (χ3v) is 2.98. The molecular formula is C11H19N3O3. The summed E-state index contributed by atoms with van der Waals surface area (Å²) < 4.78 is 10.5. The highest BCUT2D eigenvalue weighted by atomic mass is 16.5. The minimum absolute atomic E-state index is 0.211. The van der Waals surface area contributed by atoms with Crippen molar-refractivity contribution in [2.45, 2.75) is 38.4 Å². The standard InChI is InChI=1S/C11H19N3O3/c1-3-16-8(2)9-13-10(17-14-9)11(15)5-4-6-12-7-11/h8,12,15H,3-7H2,1-2H3. The molecule has 0 spiro atoms. The van der Waals surface area contributed by atoms with E-state index >= 15 is 0 Å². The van der Waals surface area contributed by atoms with Crippen LogP contribution in [0.5, 0.6) is 0 Å². The van der Waals surface area contributed by atoms with Gasteiger partial charge in [0.2, 0.25) is 0 Å². The Morgan fingerprint density at radius 2 is 2.47 bits per heavy atom. The first-order valence-corrected chi connectivity index (χ1v) is 6.04. The molecule has 2 rings (SSSR count). The topological polar surface area (TPSA) is 80.4 Å². The van der Waals surface area contributed by atoms with Crippen LogP contribution < -0.4 is 5.32 Å². The van der Waals surface area contributed by atoms with E-state index in [1.807, 2.05) is 13.8 Å². The van der Waals surface area contributed by atoms with E-state index < -0.39 is 5.60 Å². The van der Waals surface area contributed by atoms with Crippen LogP contribution in [-0.4, -0.2) is 34.9 Å². The van der Waals surface area contributed by atoms with Crippen molar-refractivity contribution in [3.63, 3.8) is 0 Å². The average molecular weight is 241 g/mol. The van der Waals surface area contributed by atoms with Crippen molar-refractivity contribution in [2.24, 2.45) is 0 Å². The molecule has 0 saturated carbocycles. The number of rotatable bonds is 4. The number of nitrogens with zero attached hydrogens (tertiary/aromatic N) is 2. The zero-order valence-electron chi connectivity index (χ0n) is 10.3. The molecule has 1 fully saturated rings. The second-order valence-corrected chi connectivity index (χ2v) is 4.37. The lowest BCUT2D eigenvalue weighted by Crippen LogP contribution is -2.43. The first kappa shape index (κ1) is 12.5. The normalized spacial score (nSPS) is 27.0. The van der Waals surface area contributed by atoms with Crippen molar-refractivity contribution in [3.8, 4) is 0 Å². The summed E-state index contributed by atoms with van der Waals surface area (Å²) in [6, 6.07) is 0. The van der Waals surface area contributed by atoms with Gasteiger partial charge in [0.1, 0.15) is 6.10 Å². The fourth-order valence-corrected chi connectivity index (χ4v) is 1.99. The van der Waals surface area contributed by atoms with E-state index in [0.29, 0.717) is 25.4 Å². The second kappa shape index (κ2) is 5.12. The van der Waals surface area contributed by atoms with Gasteiger partial charge in [-0.15, -0.1) is 0 Å². The third kappa shape index (κ3) is 2.65. The van der Waals surface area contributed by atoms with E-state index in [9.17, 15) is 5.11 Å². The molecule has 0 aliphatic carbocycles. The minimum atomic E-state index is -1.03. The summed E-state index contributed by atoms with van der Waals surface area (Å²) in [7, 11) is 0. The number of aromatic nitrogens is 2. The third-order valence-electron chi connectivity index (χ3n) is 2.98. The zero-order chi connectivity index (χ0) is 12.3. The predicted octanol–water partition coefficient (Wildman–Crippen LogP) is 0.738. The van der Waals surface area contributed by atoms with Crippen LogP contribution in [0.25, 0.3) is 0 Å². The van der Waals surface area contributed by atoms with Gasteiger partial charge in [-0.25, -0.2) is 0 Å². The molecule has 0 aromatic carbocycles. The van der Waals surface area contributed by atoms with Crippen molar-refractivity contribution in [3.05, 3.63) is 11.7 Å². The fourth-order valence-electron chi connectivity index (χ4n) is 1.99. The van der Waals surface area contributed by atoms with E-state index in [1.54, 1.807) is 0 Å². The van der Waals surface area contributed by atoms with Gasteiger partial charge in [0.05, 0.1) is 0 Å². The summed E-state index contributed by atoms with van der Waals surface area (Å²) in [6.45, 7) is 5.74. The van der Waals surface area contributed by atoms with Crippen LogP contribution in [0.2, 0.25) is 0 Å². The highest BCUT2D eigenvalue weighted by molar-refractivity contribution is 5.03. The predicted molar refractivity (Wildman–Crippen MR) is 60.3 cm³/mol. The van der Waals surface area contributed by atoms with Crippen LogP contribution in [0, 0.1) is 0 Å². The van der Waals surface area contributed by atoms with E-state index in [0.717, 1.165) is 13.0 Å². The second-order valence-electron chi connectivity index (χ2n) is 4.37. The number of piperidine rings is 1. The van der Waals surface area contributed by atoms with E-state index in [-0.39, 0.29) is 12.0 Å². The van der Waals surface area contributed by atoms with Crippen molar-refractivity contribution in [2.75, 3.05) is 19.7 Å². The Morgan fingerprint density at radius 3 is 3.12 bits per heavy atom. The first-order valence-electron chi connectivity index (χ1n) is 6.04. The maximum absolute atomic E-state index is 10.4. The van der Waals surface area contributed by atoms with Gasteiger partial charge < -0.3 is 19.7 Å². The molecule has 1 aromatic heterocycles. The van der Waals surface area contributed by atoms with Crippen molar-refractivity contribution in [1.82, 2.24) is 15.5 Å². The van der Waals surface area contributed by atoms with Crippen LogP contribution >= 0.6 is 0 Å². The van der Waals surface area contributed by atoms with Gasteiger partial charge >= 0.3 is 0 Å². The molecule has 1 aliphatic heterocycles. The summed E-state index contributed by atoms with van der Waals surface area (Å²) in [6.07, 6.45) is 1.33. The number of β-amino-alcohol motifs (C(OH)–C–C–N with tert-alkyl or cyclic N) is 1. The first-order chi connectivity index (χ1) is 8.15. The molecule has 2 heterocycles. The summed E-state index contributed by atoms with van der Waals surface area (Å²) in [5.74, 6) is 0.770. The molecule has 6 nitrogen and oxygen atoms in total. The fraction of sp³-hybridized carbons (Fsp3) is 0.818. The number of ether oxygens (including phenoxy) is 1. The lowest BCUT2D eigenvalue weighted by Gasteiger charge is -2.28. The van der Waals surface area contributed by atoms with Gasteiger partial charge in [-0.2, -0.15) is 4.98 Å². The Labute approximate surface area is 100 Å². The van der Waals surface area contributed by atoms with Gasteiger partial charge in [-0.3, -0.25) is 0 Å². The lowest BCUT2D eigenvalue weighted by atomic mass is 9.94. The van der Waals surface area contributed by atoms with Gasteiger partial charge in [0.25, 0.3) is 5.89 Å². The Morgan fingerprint density at radius 1 is 1.65 bits per heavy atom. The Bertz CT molecular complexity index is 361. The van der Waals surface area contributed by atoms with Crippen LogP contribution in [0.3, 0.4) is 0 Å². The summed E-state index contributed by atoms with van der Waals surface area (Å²) in [4.78, 5) is 4.23. The van der Waals surface area contributed by atoms with Gasteiger partial charge in [-0.1, -0.05) is 5.16 Å². The van der Waals surface area contributed by atoms with Gasteiger partial charge in [-0.05, 0) is 33.2 Å². The molecule has 0 radical (unpaired) electrons. The summed E-state index contributed by atoms with van der Waals surface area (Å²) in [5.41, 5.74) is -1.03. The highest BCUT2D eigenvalue weighted by Gasteiger charge is 2.37. The van der Waals surface area contributed by atoms with E-state index in [4.69, 9.17) is 9.26 Å². The molecule has 17 heavy (non-hydrogen) atoms. The maximum atomic E-state index is 10.4. The minimum Gasteiger partial charge on any atom is -0.379 e. The monoisotopic (exact) mass is 241 g/mol. The molecule has 2 unspecified atom stereocenters. The molecule has 2 atom stereocenters. The molecular weight excluding hydrogens is 222 g/mol. The number of hydrogen-bond donors (Lipinski definition) is 2.